The summed E-state index contributed by atoms with van der Waals surface area (Å²) >= 11 is 0. The molecular formula is C14H13F3O. The number of phenols is 1. The lowest BCUT2D eigenvalue weighted by molar-refractivity contribution is 0.450. The Hall–Kier alpha value is -1.71. The maximum absolute atomic E-state index is 13.9. The molecule has 96 valence electrons. The summed E-state index contributed by atoms with van der Waals surface area (Å²) in [6.07, 6.45) is 0. The van der Waals surface area contributed by atoms with E-state index < -0.39 is 22.9 Å². The Kier molecular flexibility index (Phi) is 2.76. The molecule has 0 aromatic heterocycles. The second kappa shape index (κ2) is 3.90. The molecule has 1 nitrogen and oxygen atoms in total. The Balaban J connectivity index is 2.99. The van der Waals surface area contributed by atoms with E-state index in [2.05, 4.69) is 0 Å². The van der Waals surface area contributed by atoms with Crippen LogP contribution in [0.1, 0.15) is 26.3 Å². The molecule has 0 atom stereocenters. The summed E-state index contributed by atoms with van der Waals surface area (Å²) in [5.41, 5.74) is -0.0591. The van der Waals surface area contributed by atoms with Crippen LogP contribution in [0.15, 0.2) is 18.2 Å². The van der Waals surface area contributed by atoms with E-state index in [1.54, 1.807) is 0 Å². The second-order valence-corrected chi connectivity index (χ2v) is 5.33. The third kappa shape index (κ3) is 1.92. The fraction of sp³-hybridized carbons (Fsp3) is 0.286. The normalized spacial score (nSPS) is 12.1. The fourth-order valence-electron chi connectivity index (χ4n) is 2.01. The zero-order valence-corrected chi connectivity index (χ0v) is 10.3. The van der Waals surface area contributed by atoms with Crippen LogP contribution in [-0.2, 0) is 5.41 Å². The van der Waals surface area contributed by atoms with Gasteiger partial charge >= 0.3 is 0 Å². The zero-order chi connectivity index (χ0) is 13.7. The van der Waals surface area contributed by atoms with Crippen LogP contribution in [0, 0.1) is 17.5 Å². The quantitative estimate of drug-likeness (QED) is 0.696. The largest absolute Gasteiger partial charge is 0.508 e. The minimum absolute atomic E-state index is 0.0131. The van der Waals surface area contributed by atoms with Gasteiger partial charge < -0.3 is 5.11 Å². The number of rotatable bonds is 0. The van der Waals surface area contributed by atoms with Crippen LogP contribution in [0.3, 0.4) is 0 Å². The number of benzene rings is 2. The van der Waals surface area contributed by atoms with Gasteiger partial charge in [0.1, 0.15) is 5.75 Å². The summed E-state index contributed by atoms with van der Waals surface area (Å²) in [4.78, 5) is 0. The molecule has 0 bridgehead atoms. The molecule has 0 unspecified atom stereocenters. The van der Waals surface area contributed by atoms with Crippen LogP contribution in [0.5, 0.6) is 5.75 Å². The van der Waals surface area contributed by atoms with Gasteiger partial charge in [-0.15, -0.1) is 0 Å². The number of hydrogen-bond donors (Lipinski definition) is 1. The maximum atomic E-state index is 13.9. The molecule has 0 aliphatic carbocycles. The van der Waals surface area contributed by atoms with Gasteiger partial charge in [0.05, 0.1) is 0 Å². The highest BCUT2D eigenvalue weighted by Gasteiger charge is 2.23. The SMILES string of the molecule is CC(C)(C)c1cc(O)cc2cc(F)c(F)c(F)c12. The van der Waals surface area contributed by atoms with E-state index in [-0.39, 0.29) is 16.5 Å². The van der Waals surface area contributed by atoms with Crippen molar-refractivity contribution in [1.29, 1.82) is 0 Å². The number of phenolic OH excluding ortho intramolecular Hbond substituents is 1. The Labute approximate surface area is 103 Å². The Morgan fingerprint density at radius 2 is 1.56 bits per heavy atom. The molecular weight excluding hydrogens is 241 g/mol. The average Bonchev–Trinajstić information content (AvgIpc) is 2.23. The number of hydrogen-bond acceptors (Lipinski definition) is 1. The summed E-state index contributed by atoms with van der Waals surface area (Å²) in [5, 5.41) is 9.75. The smallest absolute Gasteiger partial charge is 0.195 e. The Morgan fingerprint density at radius 1 is 0.944 bits per heavy atom. The minimum atomic E-state index is -1.49. The second-order valence-electron chi connectivity index (χ2n) is 5.33. The maximum Gasteiger partial charge on any atom is 0.195 e. The first-order valence-electron chi connectivity index (χ1n) is 5.52. The molecule has 0 fully saturated rings. The van der Waals surface area contributed by atoms with Crippen molar-refractivity contribution >= 4 is 10.8 Å². The molecule has 0 radical (unpaired) electrons. The van der Waals surface area contributed by atoms with Gasteiger partial charge in [-0.2, -0.15) is 0 Å². The summed E-state index contributed by atoms with van der Waals surface area (Å²) in [5.74, 6) is -4.06. The average molecular weight is 254 g/mol. The first-order valence-corrected chi connectivity index (χ1v) is 5.52. The molecule has 0 amide bonds. The van der Waals surface area contributed by atoms with Crippen LogP contribution in [0.2, 0.25) is 0 Å². The molecule has 0 aliphatic rings. The van der Waals surface area contributed by atoms with Crippen molar-refractivity contribution < 1.29 is 18.3 Å². The van der Waals surface area contributed by atoms with Crippen LogP contribution < -0.4 is 0 Å². The molecule has 2 aromatic carbocycles. The first kappa shape index (κ1) is 12.7. The Bertz CT molecular complexity index is 627. The van der Waals surface area contributed by atoms with Crippen LogP contribution >= 0.6 is 0 Å². The van der Waals surface area contributed by atoms with Crippen LogP contribution in [0.25, 0.3) is 10.8 Å². The molecule has 4 heteroatoms. The summed E-state index contributed by atoms with van der Waals surface area (Å²) in [7, 11) is 0. The predicted molar refractivity (Wildman–Crippen MR) is 64.2 cm³/mol. The van der Waals surface area contributed by atoms with Gasteiger partial charge in [0.2, 0.25) is 0 Å². The third-order valence-electron chi connectivity index (χ3n) is 2.87. The fourth-order valence-corrected chi connectivity index (χ4v) is 2.01. The molecule has 0 saturated heterocycles. The standard InChI is InChI=1S/C14H13F3O/c1-14(2,3)9-6-8(18)4-7-5-10(15)12(16)13(17)11(7)9/h4-6,18H,1-3H3. The highest BCUT2D eigenvalue weighted by molar-refractivity contribution is 5.88. The van der Waals surface area contributed by atoms with E-state index in [1.807, 2.05) is 20.8 Å². The van der Waals surface area contributed by atoms with E-state index in [0.717, 1.165) is 6.07 Å². The summed E-state index contributed by atoms with van der Waals surface area (Å²) in [6, 6.07) is 3.49. The van der Waals surface area contributed by atoms with Gasteiger partial charge in [-0.3, -0.25) is 0 Å². The van der Waals surface area contributed by atoms with Gasteiger partial charge in [0, 0.05) is 5.39 Å². The molecule has 0 heterocycles. The number of halogens is 3. The van der Waals surface area contributed by atoms with Gasteiger partial charge in [0.25, 0.3) is 0 Å². The predicted octanol–water partition coefficient (Wildman–Crippen LogP) is 4.26. The van der Waals surface area contributed by atoms with E-state index in [4.69, 9.17) is 0 Å². The van der Waals surface area contributed by atoms with Crippen molar-refractivity contribution in [3.63, 3.8) is 0 Å². The van der Waals surface area contributed by atoms with Crippen LogP contribution in [0.4, 0.5) is 13.2 Å². The number of fused-ring (bicyclic) bond motifs is 1. The van der Waals surface area contributed by atoms with Gasteiger partial charge in [-0.05, 0) is 34.6 Å². The lowest BCUT2D eigenvalue weighted by atomic mass is 9.83. The topological polar surface area (TPSA) is 20.2 Å². The summed E-state index contributed by atoms with van der Waals surface area (Å²) in [6.45, 7) is 5.42. The van der Waals surface area contributed by atoms with Crippen molar-refractivity contribution in [2.24, 2.45) is 0 Å². The zero-order valence-electron chi connectivity index (χ0n) is 10.3. The van der Waals surface area contributed by atoms with E-state index in [1.165, 1.54) is 12.1 Å². The number of aromatic hydroxyl groups is 1. The van der Waals surface area contributed by atoms with Gasteiger partial charge in [0.15, 0.2) is 17.5 Å². The van der Waals surface area contributed by atoms with E-state index in [9.17, 15) is 18.3 Å². The molecule has 18 heavy (non-hydrogen) atoms. The molecule has 2 aromatic rings. The lowest BCUT2D eigenvalue weighted by Gasteiger charge is -2.22. The Morgan fingerprint density at radius 3 is 2.11 bits per heavy atom. The van der Waals surface area contributed by atoms with Crippen molar-refractivity contribution in [3.05, 3.63) is 41.2 Å². The molecule has 0 saturated carbocycles. The van der Waals surface area contributed by atoms with Crippen LogP contribution in [-0.4, -0.2) is 5.11 Å². The lowest BCUT2D eigenvalue weighted by Crippen LogP contribution is -2.13. The molecule has 1 N–H and O–H groups in total. The molecule has 0 spiro atoms. The molecule has 0 aliphatic heterocycles. The van der Waals surface area contributed by atoms with E-state index >= 15 is 0 Å². The van der Waals surface area contributed by atoms with Crippen molar-refractivity contribution in [2.45, 2.75) is 26.2 Å². The van der Waals surface area contributed by atoms with Gasteiger partial charge in [-0.1, -0.05) is 20.8 Å². The third-order valence-corrected chi connectivity index (χ3v) is 2.87. The minimum Gasteiger partial charge on any atom is -0.508 e. The first-order chi connectivity index (χ1) is 8.21. The van der Waals surface area contributed by atoms with Crippen molar-refractivity contribution in [2.75, 3.05) is 0 Å². The van der Waals surface area contributed by atoms with Gasteiger partial charge in [-0.25, -0.2) is 13.2 Å². The highest BCUT2D eigenvalue weighted by atomic mass is 19.2. The highest BCUT2D eigenvalue weighted by Crippen LogP contribution is 2.36. The monoisotopic (exact) mass is 254 g/mol. The van der Waals surface area contributed by atoms with Crippen molar-refractivity contribution in [1.82, 2.24) is 0 Å². The summed E-state index contributed by atoms with van der Waals surface area (Å²) < 4.78 is 40.4. The van der Waals surface area contributed by atoms with Crippen molar-refractivity contribution in [3.8, 4) is 5.75 Å². The molecule has 2 rings (SSSR count). The van der Waals surface area contributed by atoms with E-state index in [0.29, 0.717) is 5.56 Å².